The first kappa shape index (κ1) is 17.1. The maximum absolute atomic E-state index is 12.1. The zero-order chi connectivity index (χ0) is 18.0. The Morgan fingerprint density at radius 3 is 2.36 bits per heavy atom. The fourth-order valence-corrected chi connectivity index (χ4v) is 3.36. The van der Waals surface area contributed by atoms with E-state index in [4.69, 9.17) is 0 Å². The van der Waals surface area contributed by atoms with E-state index in [1.54, 1.807) is 24.3 Å². The van der Waals surface area contributed by atoms with Crippen LogP contribution >= 0.6 is 0 Å². The van der Waals surface area contributed by atoms with E-state index < -0.39 is 11.4 Å². The molecule has 1 aliphatic carbocycles. The number of anilines is 1. The van der Waals surface area contributed by atoms with E-state index in [1.165, 1.54) is 0 Å². The van der Waals surface area contributed by atoms with Crippen molar-refractivity contribution in [1.82, 2.24) is 5.32 Å². The van der Waals surface area contributed by atoms with Gasteiger partial charge in [-0.3, -0.25) is 24.5 Å². The number of nitrogens with one attached hydrogen (secondary N) is 2. The number of benzene rings is 1. The summed E-state index contributed by atoms with van der Waals surface area (Å²) in [5.41, 5.74) is 0.571. The van der Waals surface area contributed by atoms with Gasteiger partial charge in [0.15, 0.2) is 0 Å². The Labute approximate surface area is 144 Å². The molecule has 25 heavy (non-hydrogen) atoms. The van der Waals surface area contributed by atoms with Crippen LogP contribution in [-0.2, 0) is 25.6 Å². The molecule has 3 N–H and O–H groups in total. The van der Waals surface area contributed by atoms with Gasteiger partial charge in [-0.2, -0.15) is 0 Å². The van der Waals surface area contributed by atoms with E-state index in [1.807, 2.05) is 0 Å². The topological polar surface area (TPSA) is 113 Å². The highest BCUT2D eigenvalue weighted by Gasteiger charge is 2.45. The fraction of sp³-hybridized carbons (Fsp3) is 0.444. The van der Waals surface area contributed by atoms with Gasteiger partial charge >= 0.3 is 5.97 Å². The molecule has 1 aromatic rings. The lowest BCUT2D eigenvalue weighted by molar-refractivity contribution is -0.157. The van der Waals surface area contributed by atoms with Gasteiger partial charge in [0.1, 0.15) is 0 Å². The molecule has 3 rings (SSSR count). The average Bonchev–Trinajstić information content (AvgIpc) is 2.82. The highest BCUT2D eigenvalue weighted by atomic mass is 16.4. The number of hydrogen-bond acceptors (Lipinski definition) is 4. The van der Waals surface area contributed by atoms with E-state index in [9.17, 15) is 24.3 Å². The van der Waals surface area contributed by atoms with Crippen LogP contribution in [0.4, 0.5) is 5.69 Å². The van der Waals surface area contributed by atoms with E-state index in [0.717, 1.165) is 12.0 Å². The van der Waals surface area contributed by atoms with E-state index >= 15 is 0 Å². The summed E-state index contributed by atoms with van der Waals surface area (Å²) >= 11 is 0. The van der Waals surface area contributed by atoms with Gasteiger partial charge in [0.05, 0.1) is 11.3 Å². The van der Waals surface area contributed by atoms with Crippen molar-refractivity contribution in [2.75, 3.05) is 5.32 Å². The molecule has 7 heteroatoms. The predicted molar refractivity (Wildman–Crippen MR) is 88.6 cm³/mol. The lowest BCUT2D eigenvalue weighted by Crippen LogP contribution is -2.41. The first-order chi connectivity index (χ1) is 11.9. The van der Waals surface area contributed by atoms with Gasteiger partial charge in [-0.05, 0) is 37.0 Å². The number of hydrogen-bond donors (Lipinski definition) is 3. The van der Waals surface area contributed by atoms with E-state index in [0.29, 0.717) is 24.9 Å². The van der Waals surface area contributed by atoms with Crippen LogP contribution < -0.4 is 10.6 Å². The van der Waals surface area contributed by atoms with Crippen molar-refractivity contribution in [2.45, 2.75) is 38.5 Å². The molecule has 2 fully saturated rings. The minimum absolute atomic E-state index is 0.0194. The molecule has 1 heterocycles. The normalized spacial score (nSPS) is 21.4. The second-order valence-electron chi connectivity index (χ2n) is 6.88. The van der Waals surface area contributed by atoms with E-state index in [2.05, 4.69) is 10.6 Å². The maximum Gasteiger partial charge on any atom is 0.310 e. The Bertz CT molecular complexity index is 721. The minimum Gasteiger partial charge on any atom is -0.481 e. The molecule has 1 aromatic carbocycles. The molecule has 0 aromatic heterocycles. The number of imide groups is 1. The highest BCUT2D eigenvalue weighted by molar-refractivity contribution is 6.03. The van der Waals surface area contributed by atoms with Gasteiger partial charge in [0.25, 0.3) is 0 Å². The lowest BCUT2D eigenvalue weighted by Gasteiger charge is -2.36. The van der Waals surface area contributed by atoms with Crippen LogP contribution in [0.25, 0.3) is 0 Å². The third-order valence-corrected chi connectivity index (χ3v) is 5.05. The lowest BCUT2D eigenvalue weighted by atomic mass is 9.66. The zero-order valence-corrected chi connectivity index (χ0v) is 13.7. The van der Waals surface area contributed by atoms with Gasteiger partial charge in [-0.1, -0.05) is 18.6 Å². The summed E-state index contributed by atoms with van der Waals surface area (Å²) in [4.78, 5) is 46.2. The van der Waals surface area contributed by atoms with Crippen molar-refractivity contribution in [3.63, 3.8) is 0 Å². The van der Waals surface area contributed by atoms with Gasteiger partial charge in [-0.25, -0.2) is 0 Å². The van der Waals surface area contributed by atoms with Crippen molar-refractivity contribution < 1.29 is 24.3 Å². The zero-order valence-electron chi connectivity index (χ0n) is 13.7. The Morgan fingerprint density at radius 2 is 1.88 bits per heavy atom. The van der Waals surface area contributed by atoms with Gasteiger partial charge in [0, 0.05) is 18.5 Å². The molecule has 1 saturated carbocycles. The Kier molecular flexibility index (Phi) is 4.57. The monoisotopic (exact) mass is 344 g/mol. The Hall–Kier alpha value is -2.70. The second kappa shape index (κ2) is 6.66. The summed E-state index contributed by atoms with van der Waals surface area (Å²) in [7, 11) is 0. The maximum atomic E-state index is 12.1. The molecule has 0 bridgehead atoms. The Balaban J connectivity index is 1.55. The van der Waals surface area contributed by atoms with Gasteiger partial charge in [-0.15, -0.1) is 0 Å². The third-order valence-electron chi connectivity index (χ3n) is 5.05. The van der Waals surface area contributed by atoms with Crippen LogP contribution in [0.3, 0.4) is 0 Å². The van der Waals surface area contributed by atoms with Gasteiger partial charge < -0.3 is 10.4 Å². The van der Waals surface area contributed by atoms with Crippen LogP contribution in [-0.4, -0.2) is 28.8 Å². The SMILES string of the molecule is O=C1CC(Cc2ccc(NC(=O)CC3(C(=O)O)CCC3)cc2)C(=O)N1. The average molecular weight is 344 g/mol. The molecule has 1 aliphatic heterocycles. The van der Waals surface area contributed by atoms with Crippen LogP contribution in [0.2, 0.25) is 0 Å². The number of rotatable bonds is 6. The van der Waals surface area contributed by atoms with E-state index in [-0.39, 0.29) is 36.5 Å². The summed E-state index contributed by atoms with van der Waals surface area (Å²) in [6.45, 7) is 0. The number of carboxylic acids is 1. The van der Waals surface area contributed by atoms with Crippen molar-refractivity contribution in [2.24, 2.45) is 11.3 Å². The van der Waals surface area contributed by atoms with Crippen LogP contribution in [0.15, 0.2) is 24.3 Å². The molecule has 7 nitrogen and oxygen atoms in total. The number of carboxylic acid groups (broad SMARTS) is 1. The van der Waals surface area contributed by atoms with Gasteiger partial charge in [0.2, 0.25) is 17.7 Å². The molecule has 0 radical (unpaired) electrons. The number of amides is 3. The molecule has 1 saturated heterocycles. The first-order valence-electron chi connectivity index (χ1n) is 8.34. The number of aliphatic carboxylic acids is 1. The molecule has 2 aliphatic rings. The molecule has 0 spiro atoms. The van der Waals surface area contributed by atoms with Crippen molar-refractivity contribution in [1.29, 1.82) is 0 Å². The van der Waals surface area contributed by atoms with Crippen LogP contribution in [0, 0.1) is 11.3 Å². The predicted octanol–water partition coefficient (Wildman–Crippen LogP) is 1.48. The van der Waals surface area contributed by atoms with Crippen molar-refractivity contribution >= 4 is 29.4 Å². The summed E-state index contributed by atoms with van der Waals surface area (Å²) in [6.07, 6.45) is 2.57. The fourth-order valence-electron chi connectivity index (χ4n) is 3.36. The third kappa shape index (κ3) is 3.70. The molecular formula is C18H20N2O5. The molecular weight excluding hydrogens is 324 g/mol. The standard InChI is InChI=1S/C18H20N2O5/c21-14-9-12(16(23)20-14)8-11-2-4-13(5-3-11)19-15(22)10-18(17(24)25)6-1-7-18/h2-5,12H,1,6-10H2,(H,19,22)(H,24,25)(H,20,21,23). The summed E-state index contributed by atoms with van der Waals surface area (Å²) in [5.74, 6) is -2.06. The molecule has 3 amide bonds. The number of carbonyl (C=O) groups excluding carboxylic acids is 3. The highest BCUT2D eigenvalue weighted by Crippen LogP contribution is 2.44. The molecule has 1 unspecified atom stereocenters. The van der Waals surface area contributed by atoms with Crippen molar-refractivity contribution in [3.05, 3.63) is 29.8 Å². The second-order valence-corrected chi connectivity index (χ2v) is 6.88. The largest absolute Gasteiger partial charge is 0.481 e. The smallest absolute Gasteiger partial charge is 0.310 e. The molecule has 1 atom stereocenters. The van der Waals surface area contributed by atoms with Crippen molar-refractivity contribution in [3.8, 4) is 0 Å². The van der Waals surface area contributed by atoms with Crippen LogP contribution in [0.5, 0.6) is 0 Å². The minimum atomic E-state index is -0.910. The summed E-state index contributed by atoms with van der Waals surface area (Å²) < 4.78 is 0. The first-order valence-corrected chi connectivity index (χ1v) is 8.34. The summed E-state index contributed by atoms with van der Waals surface area (Å²) in [5, 5.41) is 14.3. The van der Waals surface area contributed by atoms with Crippen LogP contribution in [0.1, 0.15) is 37.7 Å². The summed E-state index contributed by atoms with van der Waals surface area (Å²) in [6, 6.07) is 7.02. The Morgan fingerprint density at radius 1 is 1.20 bits per heavy atom. The quantitative estimate of drug-likeness (QED) is 0.677. The number of carbonyl (C=O) groups is 4. The molecule has 132 valence electrons.